The van der Waals surface area contributed by atoms with Crippen LogP contribution < -0.4 is 0 Å². The molecule has 4 aromatic carbocycles. The molecule has 0 aliphatic carbocycles. The van der Waals surface area contributed by atoms with Crippen LogP contribution in [0.5, 0.6) is 0 Å². The number of rotatable bonds is 4. The van der Waals surface area contributed by atoms with Gasteiger partial charge in [-0.1, -0.05) is 97.1 Å². The first-order valence-corrected chi connectivity index (χ1v) is 13.3. The average Bonchev–Trinajstić information content (AvgIpc) is 3.01. The van der Waals surface area contributed by atoms with Gasteiger partial charge in [-0.15, -0.1) is 0 Å². The van der Waals surface area contributed by atoms with Crippen molar-refractivity contribution in [3.8, 4) is 45.3 Å². The first-order valence-electron chi connectivity index (χ1n) is 13.3. The van der Waals surface area contributed by atoms with Gasteiger partial charge in [0, 0.05) is 38.9 Å². The largest absolute Gasteiger partial charge is 0.251 e. The van der Waals surface area contributed by atoms with Crippen LogP contribution >= 0.6 is 0 Å². The fourth-order valence-corrected chi connectivity index (χ4v) is 5.10. The Bertz CT molecular complexity index is 1960. The standard InChI is InChI=1S/C35H25N5/c1-22-16-17-24-18-19-29-30(20-23(2)37-32(29)31(24)36-22)27-14-9-15-28(21-27)35-39-33(25-10-5-3-6-11-25)38-34(40-35)26-12-7-4-8-13-26/h3-21H,1-2H3. The number of hydrogen-bond donors (Lipinski definition) is 0. The molecule has 0 unspecified atom stereocenters. The Morgan fingerprint density at radius 1 is 0.400 bits per heavy atom. The summed E-state index contributed by atoms with van der Waals surface area (Å²) in [5.74, 6) is 1.92. The number of benzene rings is 4. The Hall–Kier alpha value is -5.29. The Balaban J connectivity index is 1.41. The van der Waals surface area contributed by atoms with Crippen molar-refractivity contribution in [2.75, 3.05) is 0 Å². The third-order valence-electron chi connectivity index (χ3n) is 7.04. The van der Waals surface area contributed by atoms with Gasteiger partial charge in [0.1, 0.15) is 0 Å². The van der Waals surface area contributed by atoms with Crippen molar-refractivity contribution >= 4 is 21.8 Å². The van der Waals surface area contributed by atoms with Crippen LogP contribution in [0.15, 0.2) is 115 Å². The van der Waals surface area contributed by atoms with Crippen LogP contribution in [0.25, 0.3) is 67.1 Å². The zero-order valence-corrected chi connectivity index (χ0v) is 22.2. The number of nitrogens with zero attached hydrogens (tertiary/aromatic N) is 5. The molecule has 0 aliphatic rings. The molecule has 0 fully saturated rings. The Morgan fingerprint density at radius 3 is 1.62 bits per heavy atom. The molecule has 190 valence electrons. The number of fused-ring (bicyclic) bond motifs is 3. The van der Waals surface area contributed by atoms with Crippen LogP contribution in [-0.2, 0) is 0 Å². The molecule has 0 bridgehead atoms. The molecule has 3 heterocycles. The van der Waals surface area contributed by atoms with E-state index in [1.54, 1.807) is 0 Å². The lowest BCUT2D eigenvalue weighted by Crippen LogP contribution is -2.00. The number of hydrogen-bond acceptors (Lipinski definition) is 5. The molecule has 0 aliphatic heterocycles. The summed E-state index contributed by atoms with van der Waals surface area (Å²) >= 11 is 0. The average molecular weight is 516 g/mol. The minimum Gasteiger partial charge on any atom is -0.251 e. The van der Waals surface area contributed by atoms with Gasteiger partial charge in [0.15, 0.2) is 17.5 Å². The molecule has 7 rings (SSSR count). The second-order valence-corrected chi connectivity index (χ2v) is 9.92. The Morgan fingerprint density at radius 2 is 0.950 bits per heavy atom. The molecule has 0 radical (unpaired) electrons. The summed E-state index contributed by atoms with van der Waals surface area (Å²) in [6.45, 7) is 4.05. The molecular formula is C35H25N5. The SMILES string of the molecule is Cc1ccc2ccc3c(-c4cccc(-c5nc(-c6ccccc6)nc(-c6ccccc6)n5)c4)cc(C)nc3c2n1. The molecule has 5 nitrogen and oxygen atoms in total. The van der Waals surface area contributed by atoms with Gasteiger partial charge in [0.25, 0.3) is 0 Å². The van der Waals surface area contributed by atoms with E-state index in [1.165, 1.54) is 0 Å². The highest BCUT2D eigenvalue weighted by molar-refractivity contribution is 6.08. The van der Waals surface area contributed by atoms with Gasteiger partial charge in [0.2, 0.25) is 0 Å². The summed E-state index contributed by atoms with van der Waals surface area (Å²) in [5, 5.41) is 2.15. The molecule has 3 aromatic heterocycles. The van der Waals surface area contributed by atoms with E-state index in [0.29, 0.717) is 17.5 Å². The first-order chi connectivity index (χ1) is 19.6. The van der Waals surface area contributed by atoms with Crippen LogP contribution in [0.4, 0.5) is 0 Å². The van der Waals surface area contributed by atoms with E-state index >= 15 is 0 Å². The van der Waals surface area contributed by atoms with Crippen LogP contribution in [-0.4, -0.2) is 24.9 Å². The third-order valence-corrected chi connectivity index (χ3v) is 7.04. The van der Waals surface area contributed by atoms with Crippen LogP contribution in [0, 0.1) is 13.8 Å². The smallest absolute Gasteiger partial charge is 0.164 e. The van der Waals surface area contributed by atoms with E-state index in [-0.39, 0.29) is 0 Å². The van der Waals surface area contributed by atoms with Crippen LogP contribution in [0.2, 0.25) is 0 Å². The molecule has 0 spiro atoms. The Kier molecular flexibility index (Phi) is 5.82. The van der Waals surface area contributed by atoms with E-state index in [9.17, 15) is 0 Å². The lowest BCUT2D eigenvalue weighted by atomic mass is 9.97. The number of aryl methyl sites for hydroxylation is 2. The highest BCUT2D eigenvalue weighted by atomic mass is 15.0. The lowest BCUT2D eigenvalue weighted by molar-refractivity contribution is 1.07. The minimum atomic E-state index is 0.632. The third kappa shape index (κ3) is 4.37. The highest BCUT2D eigenvalue weighted by Crippen LogP contribution is 2.34. The van der Waals surface area contributed by atoms with Gasteiger partial charge in [-0.2, -0.15) is 0 Å². The zero-order chi connectivity index (χ0) is 27.1. The number of aromatic nitrogens is 5. The predicted octanol–water partition coefficient (Wildman–Crippen LogP) is 8.25. The quantitative estimate of drug-likeness (QED) is 0.221. The molecule has 0 N–H and O–H groups in total. The highest BCUT2D eigenvalue weighted by Gasteiger charge is 2.15. The molecule has 5 heteroatoms. The molecular weight excluding hydrogens is 490 g/mol. The van der Waals surface area contributed by atoms with E-state index in [2.05, 4.69) is 48.5 Å². The van der Waals surface area contributed by atoms with Crippen molar-refractivity contribution in [1.29, 1.82) is 0 Å². The Labute approximate surface area is 232 Å². The summed E-state index contributed by atoms with van der Waals surface area (Å²) in [6.07, 6.45) is 0. The van der Waals surface area contributed by atoms with Crippen LogP contribution in [0.1, 0.15) is 11.4 Å². The molecule has 0 amide bonds. The second kappa shape index (κ2) is 9.79. The molecule has 0 saturated carbocycles. The molecule has 0 saturated heterocycles. The molecule has 40 heavy (non-hydrogen) atoms. The zero-order valence-electron chi connectivity index (χ0n) is 22.2. The van der Waals surface area contributed by atoms with Gasteiger partial charge in [-0.05, 0) is 43.2 Å². The predicted molar refractivity (Wildman–Crippen MR) is 162 cm³/mol. The fourth-order valence-electron chi connectivity index (χ4n) is 5.10. The van der Waals surface area contributed by atoms with Crippen molar-refractivity contribution in [3.05, 3.63) is 127 Å². The van der Waals surface area contributed by atoms with Crippen molar-refractivity contribution in [1.82, 2.24) is 24.9 Å². The fraction of sp³-hybridized carbons (Fsp3) is 0.0571. The molecule has 0 atom stereocenters. The maximum absolute atomic E-state index is 4.92. The van der Waals surface area contributed by atoms with Gasteiger partial charge in [-0.3, -0.25) is 9.97 Å². The van der Waals surface area contributed by atoms with E-state index in [1.807, 2.05) is 80.6 Å². The van der Waals surface area contributed by atoms with Crippen molar-refractivity contribution in [2.24, 2.45) is 0 Å². The van der Waals surface area contributed by atoms with Gasteiger partial charge in [-0.25, -0.2) is 15.0 Å². The summed E-state index contributed by atoms with van der Waals surface area (Å²) in [5.41, 5.74) is 8.77. The van der Waals surface area contributed by atoms with Gasteiger partial charge >= 0.3 is 0 Å². The van der Waals surface area contributed by atoms with Crippen molar-refractivity contribution < 1.29 is 0 Å². The van der Waals surface area contributed by atoms with E-state index in [4.69, 9.17) is 24.9 Å². The first kappa shape index (κ1) is 23.8. The van der Waals surface area contributed by atoms with Gasteiger partial charge < -0.3 is 0 Å². The summed E-state index contributed by atoms with van der Waals surface area (Å²) in [4.78, 5) is 24.4. The maximum Gasteiger partial charge on any atom is 0.164 e. The summed E-state index contributed by atoms with van der Waals surface area (Å²) < 4.78 is 0. The van der Waals surface area contributed by atoms with E-state index in [0.717, 1.165) is 61.0 Å². The summed E-state index contributed by atoms with van der Waals surface area (Å²) in [6, 6.07) is 39.0. The van der Waals surface area contributed by atoms with Gasteiger partial charge in [0.05, 0.1) is 11.0 Å². The second-order valence-electron chi connectivity index (χ2n) is 9.92. The van der Waals surface area contributed by atoms with Crippen molar-refractivity contribution in [3.63, 3.8) is 0 Å². The van der Waals surface area contributed by atoms with E-state index < -0.39 is 0 Å². The maximum atomic E-state index is 4.92. The summed E-state index contributed by atoms with van der Waals surface area (Å²) in [7, 11) is 0. The van der Waals surface area contributed by atoms with Crippen LogP contribution in [0.3, 0.4) is 0 Å². The van der Waals surface area contributed by atoms with Crippen molar-refractivity contribution in [2.45, 2.75) is 13.8 Å². The minimum absolute atomic E-state index is 0.632. The topological polar surface area (TPSA) is 64.5 Å². The monoisotopic (exact) mass is 515 g/mol. The lowest BCUT2D eigenvalue weighted by Gasteiger charge is -2.12. The molecule has 7 aromatic rings. The normalized spacial score (nSPS) is 11.2. The number of pyridine rings is 2.